The zero-order chi connectivity index (χ0) is 14.5. The van der Waals surface area contributed by atoms with Crippen molar-refractivity contribution in [1.29, 1.82) is 0 Å². The maximum absolute atomic E-state index is 12.7. The van der Waals surface area contributed by atoms with E-state index in [0.29, 0.717) is 17.1 Å². The summed E-state index contributed by atoms with van der Waals surface area (Å²) in [5.41, 5.74) is 0.672. The summed E-state index contributed by atoms with van der Waals surface area (Å²) < 4.78 is 10.6. The van der Waals surface area contributed by atoms with E-state index >= 15 is 0 Å². The van der Waals surface area contributed by atoms with Gasteiger partial charge in [-0.1, -0.05) is 20.3 Å². The van der Waals surface area contributed by atoms with Crippen molar-refractivity contribution < 1.29 is 14.3 Å². The number of ether oxygens (including phenoxy) is 2. The largest absolute Gasteiger partial charge is 0.454 e. The summed E-state index contributed by atoms with van der Waals surface area (Å²) in [5, 5.41) is 0. The van der Waals surface area contributed by atoms with Gasteiger partial charge in [0.2, 0.25) is 6.79 Å². The predicted molar refractivity (Wildman–Crippen MR) is 78.3 cm³/mol. The lowest BCUT2D eigenvalue weighted by Gasteiger charge is -2.28. The highest BCUT2D eigenvalue weighted by Gasteiger charge is 2.22. The summed E-state index contributed by atoms with van der Waals surface area (Å²) in [6.07, 6.45) is 3.07. The molecule has 1 aromatic rings. The lowest BCUT2D eigenvalue weighted by Crippen LogP contribution is -2.39. The molecule has 0 bridgehead atoms. The van der Waals surface area contributed by atoms with Crippen LogP contribution in [0, 0.1) is 0 Å². The fraction of sp³-hybridized carbons (Fsp3) is 0.562. The smallest absolute Gasteiger partial charge is 0.254 e. The average Bonchev–Trinajstić information content (AvgIpc) is 2.94. The Bertz CT molecular complexity index is 473. The number of carbonyl (C=O) groups is 1. The van der Waals surface area contributed by atoms with E-state index in [1.165, 1.54) is 0 Å². The highest BCUT2D eigenvalue weighted by atomic mass is 16.7. The van der Waals surface area contributed by atoms with E-state index in [1.807, 2.05) is 17.0 Å². The van der Waals surface area contributed by atoms with Gasteiger partial charge >= 0.3 is 0 Å². The number of rotatable bonds is 6. The van der Waals surface area contributed by atoms with Crippen molar-refractivity contribution in [2.45, 2.75) is 46.1 Å². The van der Waals surface area contributed by atoms with Crippen molar-refractivity contribution >= 4 is 5.91 Å². The van der Waals surface area contributed by atoms with E-state index < -0.39 is 0 Å². The van der Waals surface area contributed by atoms with Gasteiger partial charge in [0, 0.05) is 18.2 Å². The molecule has 20 heavy (non-hydrogen) atoms. The average molecular weight is 277 g/mol. The number of carbonyl (C=O) groups excluding carboxylic acids is 1. The highest BCUT2D eigenvalue weighted by molar-refractivity contribution is 5.95. The number of unbranched alkanes of at least 4 members (excludes halogenated alkanes) is 1. The van der Waals surface area contributed by atoms with Crippen LogP contribution in [-0.4, -0.2) is 30.2 Å². The molecule has 1 atom stereocenters. The number of nitrogens with zero attached hydrogens (tertiary/aromatic N) is 1. The molecule has 4 heteroatoms. The number of hydrogen-bond acceptors (Lipinski definition) is 3. The maximum atomic E-state index is 12.7. The summed E-state index contributed by atoms with van der Waals surface area (Å²) in [5.74, 6) is 1.45. The molecule has 4 nitrogen and oxygen atoms in total. The summed E-state index contributed by atoms with van der Waals surface area (Å²) in [6.45, 7) is 7.38. The Balaban J connectivity index is 2.18. The molecule has 1 amide bonds. The van der Waals surface area contributed by atoms with Gasteiger partial charge in [-0.15, -0.1) is 0 Å². The third-order valence-corrected chi connectivity index (χ3v) is 3.76. The second-order valence-electron chi connectivity index (χ2n) is 5.18. The normalized spacial score (nSPS) is 14.2. The summed E-state index contributed by atoms with van der Waals surface area (Å²) in [7, 11) is 0. The number of fused-ring (bicyclic) bond motifs is 1. The van der Waals surface area contributed by atoms with Gasteiger partial charge in [-0.2, -0.15) is 0 Å². The van der Waals surface area contributed by atoms with E-state index in [-0.39, 0.29) is 18.7 Å². The molecule has 0 radical (unpaired) electrons. The van der Waals surface area contributed by atoms with Gasteiger partial charge in [0.1, 0.15) is 0 Å². The number of amides is 1. The van der Waals surface area contributed by atoms with Gasteiger partial charge in [-0.05, 0) is 38.0 Å². The highest BCUT2D eigenvalue weighted by Crippen LogP contribution is 2.33. The van der Waals surface area contributed by atoms with Crippen molar-refractivity contribution in [1.82, 2.24) is 4.90 Å². The molecule has 0 aliphatic carbocycles. The van der Waals surface area contributed by atoms with Crippen LogP contribution < -0.4 is 9.47 Å². The van der Waals surface area contributed by atoms with Crippen molar-refractivity contribution in [3.63, 3.8) is 0 Å². The Kier molecular flexibility index (Phi) is 4.88. The molecule has 0 N–H and O–H groups in total. The standard InChI is InChI=1S/C16H23NO3/c1-4-6-9-17(12(3)5-2)16(18)13-7-8-14-15(10-13)20-11-19-14/h7-8,10,12H,4-6,9,11H2,1-3H3/t12-/m0/s1. The minimum atomic E-state index is 0.0751. The van der Waals surface area contributed by atoms with E-state index in [4.69, 9.17) is 9.47 Å². The minimum Gasteiger partial charge on any atom is -0.454 e. The molecular weight excluding hydrogens is 254 g/mol. The molecule has 0 aromatic heterocycles. The van der Waals surface area contributed by atoms with E-state index in [9.17, 15) is 4.79 Å². The van der Waals surface area contributed by atoms with Crippen molar-refractivity contribution in [3.05, 3.63) is 23.8 Å². The third-order valence-electron chi connectivity index (χ3n) is 3.76. The first-order valence-corrected chi connectivity index (χ1v) is 7.38. The molecule has 110 valence electrons. The van der Waals surface area contributed by atoms with E-state index in [2.05, 4.69) is 20.8 Å². The fourth-order valence-corrected chi connectivity index (χ4v) is 2.27. The summed E-state index contributed by atoms with van der Waals surface area (Å²) in [6, 6.07) is 5.66. The van der Waals surface area contributed by atoms with Crippen molar-refractivity contribution in [2.24, 2.45) is 0 Å². The molecule has 1 aliphatic heterocycles. The zero-order valence-corrected chi connectivity index (χ0v) is 12.5. The maximum Gasteiger partial charge on any atom is 0.254 e. The number of hydrogen-bond donors (Lipinski definition) is 0. The molecule has 1 aliphatic rings. The lowest BCUT2D eigenvalue weighted by atomic mass is 10.1. The van der Waals surface area contributed by atoms with Gasteiger partial charge in [0.15, 0.2) is 11.5 Å². The molecule has 1 heterocycles. The molecule has 0 saturated heterocycles. The predicted octanol–water partition coefficient (Wildman–Crippen LogP) is 3.46. The second kappa shape index (κ2) is 6.64. The van der Waals surface area contributed by atoms with Gasteiger partial charge in [0.05, 0.1) is 0 Å². The van der Waals surface area contributed by atoms with Crippen LogP contribution in [0.5, 0.6) is 11.5 Å². The Labute approximate surface area is 120 Å². The van der Waals surface area contributed by atoms with Gasteiger partial charge < -0.3 is 14.4 Å². The van der Waals surface area contributed by atoms with Crippen molar-refractivity contribution in [3.8, 4) is 11.5 Å². The van der Waals surface area contributed by atoms with Crippen LogP contribution in [0.4, 0.5) is 0 Å². The van der Waals surface area contributed by atoms with E-state index in [0.717, 1.165) is 25.8 Å². The van der Waals surface area contributed by atoms with Gasteiger partial charge in [0.25, 0.3) is 5.91 Å². The van der Waals surface area contributed by atoms with Crippen LogP contribution in [-0.2, 0) is 0 Å². The van der Waals surface area contributed by atoms with Crippen LogP contribution >= 0.6 is 0 Å². The van der Waals surface area contributed by atoms with Crippen LogP contribution in [0.1, 0.15) is 50.4 Å². The molecule has 2 rings (SSSR count). The number of benzene rings is 1. The third kappa shape index (κ3) is 3.06. The van der Waals surface area contributed by atoms with E-state index in [1.54, 1.807) is 6.07 Å². The van der Waals surface area contributed by atoms with Gasteiger partial charge in [-0.25, -0.2) is 0 Å². The van der Waals surface area contributed by atoms with Crippen LogP contribution in [0.2, 0.25) is 0 Å². The van der Waals surface area contributed by atoms with Crippen LogP contribution in [0.3, 0.4) is 0 Å². The fourth-order valence-electron chi connectivity index (χ4n) is 2.27. The Hall–Kier alpha value is -1.71. The van der Waals surface area contributed by atoms with Gasteiger partial charge in [-0.3, -0.25) is 4.79 Å². The zero-order valence-electron chi connectivity index (χ0n) is 12.5. The summed E-state index contributed by atoms with van der Waals surface area (Å²) in [4.78, 5) is 14.6. The molecule has 0 unspecified atom stereocenters. The Morgan fingerprint density at radius 3 is 2.75 bits per heavy atom. The molecule has 1 aromatic carbocycles. The first-order chi connectivity index (χ1) is 9.67. The SMILES string of the molecule is CCCCN(C(=O)c1ccc2c(c1)OCO2)[C@@H](C)CC. The second-order valence-corrected chi connectivity index (χ2v) is 5.18. The van der Waals surface area contributed by atoms with Crippen molar-refractivity contribution in [2.75, 3.05) is 13.3 Å². The quantitative estimate of drug-likeness (QED) is 0.799. The topological polar surface area (TPSA) is 38.8 Å². The lowest BCUT2D eigenvalue weighted by molar-refractivity contribution is 0.0685. The molecule has 0 spiro atoms. The molecule has 0 saturated carbocycles. The molecular formula is C16H23NO3. The van der Waals surface area contributed by atoms with Crippen LogP contribution in [0.15, 0.2) is 18.2 Å². The monoisotopic (exact) mass is 277 g/mol. The Morgan fingerprint density at radius 2 is 2.05 bits per heavy atom. The molecule has 0 fully saturated rings. The first-order valence-electron chi connectivity index (χ1n) is 7.38. The Morgan fingerprint density at radius 1 is 1.30 bits per heavy atom. The minimum absolute atomic E-state index is 0.0751. The van der Waals surface area contributed by atoms with Crippen LogP contribution in [0.25, 0.3) is 0 Å². The first kappa shape index (κ1) is 14.7. The summed E-state index contributed by atoms with van der Waals surface area (Å²) >= 11 is 0.